The van der Waals surface area contributed by atoms with Gasteiger partial charge in [0.2, 0.25) is 10.0 Å². The highest BCUT2D eigenvalue weighted by Crippen LogP contribution is 2.42. The van der Waals surface area contributed by atoms with Crippen molar-refractivity contribution in [3.63, 3.8) is 0 Å². The number of Topliss-reactive ketones (excluding diaryl/α,β-unsaturated/α-hetero) is 1. The van der Waals surface area contributed by atoms with Crippen LogP contribution >= 0.6 is 11.6 Å². The zero-order valence-corrected chi connectivity index (χ0v) is 14.8. The third-order valence-electron chi connectivity index (χ3n) is 4.16. The molecule has 0 amide bonds. The Hall–Kier alpha value is -1.69. The van der Waals surface area contributed by atoms with Crippen molar-refractivity contribution in [2.45, 2.75) is 30.7 Å². The van der Waals surface area contributed by atoms with E-state index < -0.39 is 10.0 Å². The number of halogens is 1. The standard InChI is InChI=1S/C18H18ClNO3S/c1-12(21)15-3-2-4-17(11-15)24(22,23)20-18(13-5-6-13)14-7-9-16(19)10-8-14/h2-4,7-11,13,18,20H,5-6H2,1H3/t18-/m0/s1. The number of carbonyl (C=O) groups excluding carboxylic acids is 1. The quantitative estimate of drug-likeness (QED) is 0.790. The van der Waals surface area contributed by atoms with E-state index in [-0.39, 0.29) is 22.6 Å². The number of sulfonamides is 1. The maximum Gasteiger partial charge on any atom is 0.241 e. The summed E-state index contributed by atoms with van der Waals surface area (Å²) in [7, 11) is -3.71. The van der Waals surface area contributed by atoms with Crippen LogP contribution in [0.3, 0.4) is 0 Å². The van der Waals surface area contributed by atoms with Gasteiger partial charge in [0.25, 0.3) is 0 Å². The molecule has 6 heteroatoms. The van der Waals surface area contributed by atoms with E-state index in [9.17, 15) is 13.2 Å². The molecule has 0 aromatic heterocycles. The van der Waals surface area contributed by atoms with Crippen LogP contribution in [0.4, 0.5) is 0 Å². The fourth-order valence-electron chi connectivity index (χ4n) is 2.65. The maximum absolute atomic E-state index is 12.7. The van der Waals surface area contributed by atoms with Crippen LogP contribution in [0.15, 0.2) is 53.4 Å². The molecule has 1 atom stereocenters. The second kappa shape index (κ2) is 6.67. The van der Waals surface area contributed by atoms with Crippen molar-refractivity contribution in [3.8, 4) is 0 Å². The predicted molar refractivity (Wildman–Crippen MR) is 93.7 cm³/mol. The van der Waals surface area contributed by atoms with Crippen LogP contribution in [-0.2, 0) is 10.0 Å². The molecular formula is C18H18ClNO3S. The molecule has 0 spiro atoms. The molecular weight excluding hydrogens is 346 g/mol. The molecule has 1 aliphatic carbocycles. The smallest absolute Gasteiger partial charge is 0.241 e. The van der Waals surface area contributed by atoms with Crippen LogP contribution in [0.1, 0.15) is 41.7 Å². The average Bonchev–Trinajstić information content (AvgIpc) is 3.38. The first kappa shape index (κ1) is 17.1. The fourth-order valence-corrected chi connectivity index (χ4v) is 4.12. The summed E-state index contributed by atoms with van der Waals surface area (Å²) in [4.78, 5) is 11.6. The SMILES string of the molecule is CC(=O)c1cccc(S(=O)(=O)N[C@H](c2ccc(Cl)cc2)C2CC2)c1. The first-order chi connectivity index (χ1) is 11.4. The van der Waals surface area contributed by atoms with Gasteiger partial charge in [0, 0.05) is 16.6 Å². The fraction of sp³-hybridized carbons (Fsp3) is 0.278. The molecule has 0 unspecified atom stereocenters. The van der Waals surface area contributed by atoms with Crippen molar-refractivity contribution in [2.24, 2.45) is 5.92 Å². The molecule has 0 saturated heterocycles. The van der Waals surface area contributed by atoms with Crippen LogP contribution in [0.2, 0.25) is 5.02 Å². The number of hydrogen-bond acceptors (Lipinski definition) is 3. The molecule has 1 N–H and O–H groups in total. The molecule has 0 heterocycles. The molecule has 2 aromatic rings. The van der Waals surface area contributed by atoms with Gasteiger partial charge in [0.15, 0.2) is 5.78 Å². The van der Waals surface area contributed by atoms with E-state index in [0.29, 0.717) is 10.6 Å². The lowest BCUT2D eigenvalue weighted by Gasteiger charge is -2.19. The molecule has 24 heavy (non-hydrogen) atoms. The van der Waals surface area contributed by atoms with Crippen LogP contribution in [0.5, 0.6) is 0 Å². The van der Waals surface area contributed by atoms with Crippen LogP contribution < -0.4 is 4.72 Å². The number of rotatable bonds is 6. The molecule has 4 nitrogen and oxygen atoms in total. The summed E-state index contributed by atoms with van der Waals surface area (Å²) >= 11 is 5.92. The average molecular weight is 364 g/mol. The third-order valence-corrected chi connectivity index (χ3v) is 5.85. The molecule has 1 fully saturated rings. The zero-order valence-electron chi connectivity index (χ0n) is 13.2. The second-order valence-electron chi connectivity index (χ2n) is 6.07. The van der Waals surface area contributed by atoms with Crippen LogP contribution in [0, 0.1) is 5.92 Å². The molecule has 1 saturated carbocycles. The Kier molecular flexibility index (Phi) is 4.76. The second-order valence-corrected chi connectivity index (χ2v) is 8.22. The van der Waals surface area contributed by atoms with E-state index in [1.165, 1.54) is 19.1 Å². The Morgan fingerprint density at radius 2 is 1.83 bits per heavy atom. The summed E-state index contributed by atoms with van der Waals surface area (Å²) < 4.78 is 28.3. The summed E-state index contributed by atoms with van der Waals surface area (Å²) in [5.74, 6) is 0.125. The summed E-state index contributed by atoms with van der Waals surface area (Å²) in [5, 5.41) is 0.616. The van der Waals surface area contributed by atoms with E-state index in [2.05, 4.69) is 4.72 Å². The Balaban J connectivity index is 1.90. The first-order valence-corrected chi connectivity index (χ1v) is 9.62. The normalized spacial score (nSPS) is 15.9. The largest absolute Gasteiger partial charge is 0.295 e. The Morgan fingerprint density at radius 3 is 2.42 bits per heavy atom. The minimum Gasteiger partial charge on any atom is -0.295 e. The summed E-state index contributed by atoms with van der Waals surface area (Å²) in [6, 6.07) is 13.0. The van der Waals surface area contributed by atoms with Gasteiger partial charge in [-0.1, -0.05) is 35.9 Å². The molecule has 126 valence electrons. The van der Waals surface area contributed by atoms with Gasteiger partial charge >= 0.3 is 0 Å². The van der Waals surface area contributed by atoms with Gasteiger partial charge in [0.1, 0.15) is 0 Å². The summed E-state index contributed by atoms with van der Waals surface area (Å²) in [6.45, 7) is 1.42. The Bertz CT molecular complexity index is 858. The van der Waals surface area contributed by atoms with E-state index in [1.807, 2.05) is 12.1 Å². The Labute approximate surface area is 146 Å². The number of nitrogens with one attached hydrogen (secondary N) is 1. The summed E-state index contributed by atoms with van der Waals surface area (Å²) in [5.41, 5.74) is 1.28. The van der Waals surface area contributed by atoms with Gasteiger partial charge in [-0.05, 0) is 55.5 Å². The van der Waals surface area contributed by atoms with Crippen molar-refractivity contribution >= 4 is 27.4 Å². The maximum atomic E-state index is 12.7. The Morgan fingerprint density at radius 1 is 1.17 bits per heavy atom. The van der Waals surface area contributed by atoms with Crippen molar-refractivity contribution < 1.29 is 13.2 Å². The predicted octanol–water partition coefficient (Wildman–Crippen LogP) is 3.97. The monoisotopic (exact) mass is 363 g/mol. The van der Waals surface area contributed by atoms with E-state index >= 15 is 0 Å². The van der Waals surface area contributed by atoms with Crippen molar-refractivity contribution in [2.75, 3.05) is 0 Å². The van der Waals surface area contributed by atoms with Crippen molar-refractivity contribution in [3.05, 3.63) is 64.7 Å². The van der Waals surface area contributed by atoms with Crippen LogP contribution in [-0.4, -0.2) is 14.2 Å². The minimum absolute atomic E-state index is 0.106. The molecule has 1 aliphatic rings. The molecule has 3 rings (SSSR count). The minimum atomic E-state index is -3.71. The first-order valence-electron chi connectivity index (χ1n) is 7.75. The van der Waals surface area contributed by atoms with E-state index in [0.717, 1.165) is 18.4 Å². The number of ketones is 1. The van der Waals surface area contributed by atoms with Crippen LogP contribution in [0.25, 0.3) is 0 Å². The highest BCUT2D eigenvalue weighted by molar-refractivity contribution is 7.89. The highest BCUT2D eigenvalue weighted by Gasteiger charge is 2.35. The number of carbonyl (C=O) groups is 1. The highest BCUT2D eigenvalue weighted by atomic mass is 35.5. The van der Waals surface area contributed by atoms with Gasteiger partial charge in [-0.15, -0.1) is 0 Å². The van der Waals surface area contributed by atoms with E-state index in [1.54, 1.807) is 24.3 Å². The van der Waals surface area contributed by atoms with Gasteiger partial charge < -0.3 is 0 Å². The molecule has 0 aliphatic heterocycles. The summed E-state index contributed by atoms with van der Waals surface area (Å²) in [6.07, 6.45) is 1.98. The van der Waals surface area contributed by atoms with Crippen molar-refractivity contribution in [1.29, 1.82) is 0 Å². The van der Waals surface area contributed by atoms with Gasteiger partial charge in [0.05, 0.1) is 4.90 Å². The third kappa shape index (κ3) is 3.86. The van der Waals surface area contributed by atoms with Gasteiger partial charge in [-0.3, -0.25) is 4.79 Å². The zero-order chi connectivity index (χ0) is 17.3. The van der Waals surface area contributed by atoms with Gasteiger partial charge in [-0.2, -0.15) is 0 Å². The molecule has 2 aromatic carbocycles. The van der Waals surface area contributed by atoms with Gasteiger partial charge in [-0.25, -0.2) is 13.1 Å². The molecule has 0 bridgehead atoms. The molecule has 0 radical (unpaired) electrons. The number of benzene rings is 2. The lowest BCUT2D eigenvalue weighted by molar-refractivity contribution is 0.101. The van der Waals surface area contributed by atoms with Crippen molar-refractivity contribution in [1.82, 2.24) is 4.72 Å². The lowest BCUT2D eigenvalue weighted by Crippen LogP contribution is -2.30. The topological polar surface area (TPSA) is 63.2 Å². The number of hydrogen-bond donors (Lipinski definition) is 1. The van der Waals surface area contributed by atoms with E-state index in [4.69, 9.17) is 11.6 Å². The lowest BCUT2D eigenvalue weighted by atomic mass is 10.0.